The van der Waals surface area contributed by atoms with Crippen LogP contribution in [0.15, 0.2) is 24.3 Å². The highest BCUT2D eigenvalue weighted by atomic mass is 16.5. The van der Waals surface area contributed by atoms with Crippen LogP contribution in [0.5, 0.6) is 5.75 Å². The Bertz CT molecular complexity index is 331. The number of Topliss-reactive ketones (excluding diaryl/α,β-unsaturated/α-hetero) is 1. The molecule has 4 heteroatoms. The van der Waals surface area contributed by atoms with Crippen molar-refractivity contribution in [3.63, 3.8) is 0 Å². The Morgan fingerprint density at radius 2 is 1.72 bits per heavy atom. The quantitative estimate of drug-likeness (QED) is 0.845. The van der Waals surface area contributed by atoms with Gasteiger partial charge in [-0.1, -0.05) is 26.0 Å². The molecule has 0 saturated carbocycles. The summed E-state index contributed by atoms with van der Waals surface area (Å²) >= 11 is 0. The molecule has 0 aliphatic rings. The minimum absolute atomic E-state index is 0.159. The summed E-state index contributed by atoms with van der Waals surface area (Å²) in [5.74, 6) is -0.319. The van der Waals surface area contributed by atoms with Crippen LogP contribution in [0.1, 0.15) is 32.8 Å². The second-order valence-corrected chi connectivity index (χ2v) is 3.53. The second-order valence-electron chi connectivity index (χ2n) is 3.53. The van der Waals surface area contributed by atoms with Crippen LogP contribution >= 0.6 is 0 Å². The van der Waals surface area contributed by atoms with Crippen molar-refractivity contribution in [3.8, 4) is 5.75 Å². The number of hydrogen-bond donors (Lipinski definition) is 1. The molecular formula is C14H20O4. The van der Waals surface area contributed by atoms with Crippen molar-refractivity contribution >= 4 is 11.8 Å². The lowest BCUT2D eigenvalue weighted by molar-refractivity contribution is -0.139. The van der Waals surface area contributed by atoms with Gasteiger partial charge in [-0.2, -0.15) is 0 Å². The molecule has 0 spiro atoms. The van der Waals surface area contributed by atoms with Crippen molar-refractivity contribution in [3.05, 3.63) is 29.8 Å². The van der Waals surface area contributed by atoms with E-state index in [9.17, 15) is 9.59 Å². The van der Waals surface area contributed by atoms with Crippen LogP contribution in [-0.4, -0.2) is 23.5 Å². The number of hydrogen-bond acceptors (Lipinski definition) is 3. The molecule has 0 fully saturated rings. The normalized spacial score (nSPS) is 9.06. The molecule has 1 N–H and O–H groups in total. The molecule has 0 heterocycles. The predicted octanol–water partition coefficient (Wildman–Crippen LogP) is 2.70. The van der Waals surface area contributed by atoms with E-state index in [0.717, 1.165) is 5.56 Å². The molecule has 1 aromatic rings. The van der Waals surface area contributed by atoms with Crippen molar-refractivity contribution in [1.82, 2.24) is 0 Å². The lowest BCUT2D eigenvalue weighted by atomic mass is 10.1. The number of rotatable bonds is 6. The van der Waals surface area contributed by atoms with Crippen LogP contribution in [0, 0.1) is 0 Å². The number of benzene rings is 1. The van der Waals surface area contributed by atoms with Gasteiger partial charge in [0.2, 0.25) is 0 Å². The zero-order valence-electron chi connectivity index (χ0n) is 11.1. The predicted molar refractivity (Wildman–Crippen MR) is 69.9 cm³/mol. The van der Waals surface area contributed by atoms with E-state index in [4.69, 9.17) is 9.84 Å². The van der Waals surface area contributed by atoms with Crippen LogP contribution in [0.4, 0.5) is 0 Å². The average molecular weight is 252 g/mol. The van der Waals surface area contributed by atoms with Crippen LogP contribution in [0.2, 0.25) is 0 Å². The first-order chi connectivity index (χ1) is 8.58. The Kier molecular flexibility index (Phi) is 8.27. The fourth-order valence-electron chi connectivity index (χ4n) is 1.22. The molecule has 0 bridgehead atoms. The Labute approximate surface area is 108 Å². The first-order valence-corrected chi connectivity index (χ1v) is 6.01. The van der Waals surface area contributed by atoms with E-state index in [1.54, 1.807) is 19.1 Å². The second kappa shape index (κ2) is 9.22. The van der Waals surface area contributed by atoms with E-state index in [-0.39, 0.29) is 12.4 Å². The summed E-state index contributed by atoms with van der Waals surface area (Å²) in [7, 11) is 0. The summed E-state index contributed by atoms with van der Waals surface area (Å²) in [6, 6.07) is 7.08. The first-order valence-electron chi connectivity index (χ1n) is 6.01. The highest BCUT2D eigenvalue weighted by Gasteiger charge is 2.00. The Morgan fingerprint density at radius 3 is 2.17 bits per heavy atom. The minimum atomic E-state index is -0.999. The van der Waals surface area contributed by atoms with E-state index >= 15 is 0 Å². The van der Waals surface area contributed by atoms with Crippen LogP contribution < -0.4 is 4.74 Å². The maximum atomic E-state index is 10.8. The summed E-state index contributed by atoms with van der Waals surface area (Å²) in [5.41, 5.74) is 1.04. The van der Waals surface area contributed by atoms with Gasteiger partial charge in [-0.05, 0) is 31.0 Å². The van der Waals surface area contributed by atoms with E-state index in [1.165, 1.54) is 0 Å². The highest BCUT2D eigenvalue weighted by molar-refractivity contribution is 5.75. The highest BCUT2D eigenvalue weighted by Crippen LogP contribution is 2.13. The molecule has 0 amide bonds. The zero-order valence-corrected chi connectivity index (χ0v) is 11.1. The Hall–Kier alpha value is -1.84. The topological polar surface area (TPSA) is 63.6 Å². The van der Waals surface area contributed by atoms with E-state index in [0.29, 0.717) is 18.6 Å². The van der Waals surface area contributed by atoms with Crippen molar-refractivity contribution in [2.24, 2.45) is 0 Å². The summed E-state index contributed by atoms with van der Waals surface area (Å²) in [6.45, 7) is 5.22. The molecule has 1 aromatic carbocycles. The van der Waals surface area contributed by atoms with Gasteiger partial charge in [0.15, 0.2) is 6.61 Å². The van der Waals surface area contributed by atoms with Gasteiger partial charge in [0.05, 0.1) is 0 Å². The molecule has 0 aliphatic heterocycles. The van der Waals surface area contributed by atoms with Gasteiger partial charge in [-0.25, -0.2) is 4.79 Å². The van der Waals surface area contributed by atoms with Gasteiger partial charge < -0.3 is 14.6 Å². The number of carboxylic acids is 1. The van der Waals surface area contributed by atoms with Gasteiger partial charge in [-0.15, -0.1) is 0 Å². The summed E-state index contributed by atoms with van der Waals surface area (Å²) < 4.78 is 4.98. The summed E-state index contributed by atoms with van der Waals surface area (Å²) in [5, 5.41) is 8.41. The first kappa shape index (κ1) is 16.2. The molecule has 0 atom stereocenters. The molecule has 0 aliphatic carbocycles. The minimum Gasteiger partial charge on any atom is -0.482 e. The lowest BCUT2D eigenvalue weighted by Crippen LogP contribution is -2.09. The van der Waals surface area contributed by atoms with E-state index in [1.807, 2.05) is 26.0 Å². The fraction of sp³-hybridized carbons (Fsp3) is 0.429. The van der Waals surface area contributed by atoms with Gasteiger partial charge in [0, 0.05) is 6.42 Å². The van der Waals surface area contributed by atoms with Gasteiger partial charge in [0.25, 0.3) is 0 Å². The summed E-state index contributed by atoms with van der Waals surface area (Å²) in [6.07, 6.45) is 1.23. The van der Waals surface area contributed by atoms with E-state index in [2.05, 4.69) is 0 Å². The van der Waals surface area contributed by atoms with Crippen molar-refractivity contribution in [1.29, 1.82) is 0 Å². The molecule has 1 rings (SSSR count). The standard InChI is InChI=1S/C12H14O4.C2H6/c1-9(13)2-3-10-4-6-11(7-5-10)16-8-12(14)15;1-2/h4-7H,2-3,8H2,1H3,(H,14,15);1-2H3. The molecule has 4 nitrogen and oxygen atoms in total. The Morgan fingerprint density at radius 1 is 1.17 bits per heavy atom. The number of aryl methyl sites for hydroxylation is 1. The van der Waals surface area contributed by atoms with Crippen molar-refractivity contribution in [2.45, 2.75) is 33.6 Å². The third-order valence-electron chi connectivity index (χ3n) is 2.05. The number of aliphatic carboxylic acids is 1. The number of ether oxygens (including phenoxy) is 1. The van der Waals surface area contributed by atoms with Crippen LogP contribution in [-0.2, 0) is 16.0 Å². The molecule has 18 heavy (non-hydrogen) atoms. The average Bonchev–Trinajstić information content (AvgIpc) is 2.37. The van der Waals surface area contributed by atoms with Gasteiger partial charge in [0.1, 0.15) is 11.5 Å². The lowest BCUT2D eigenvalue weighted by Gasteiger charge is -2.04. The van der Waals surface area contributed by atoms with Gasteiger partial charge >= 0.3 is 5.97 Å². The molecule has 0 unspecified atom stereocenters. The molecule has 0 saturated heterocycles. The smallest absolute Gasteiger partial charge is 0.341 e. The van der Waals surface area contributed by atoms with Crippen molar-refractivity contribution in [2.75, 3.05) is 6.61 Å². The van der Waals surface area contributed by atoms with Crippen LogP contribution in [0.25, 0.3) is 0 Å². The molecule has 0 radical (unpaired) electrons. The number of ketones is 1. The third kappa shape index (κ3) is 7.44. The third-order valence-corrected chi connectivity index (χ3v) is 2.05. The SMILES string of the molecule is CC.CC(=O)CCc1ccc(OCC(=O)O)cc1. The van der Waals surface area contributed by atoms with Gasteiger partial charge in [-0.3, -0.25) is 0 Å². The monoisotopic (exact) mass is 252 g/mol. The number of carbonyl (C=O) groups is 2. The molecule has 100 valence electrons. The van der Waals surface area contributed by atoms with Crippen LogP contribution in [0.3, 0.4) is 0 Å². The maximum Gasteiger partial charge on any atom is 0.341 e. The zero-order chi connectivity index (χ0) is 14.0. The number of carbonyl (C=O) groups excluding carboxylic acids is 1. The summed E-state index contributed by atoms with van der Waals surface area (Å²) in [4.78, 5) is 21.0. The van der Waals surface area contributed by atoms with Crippen molar-refractivity contribution < 1.29 is 19.4 Å². The Balaban J connectivity index is 0.00000137. The fourth-order valence-corrected chi connectivity index (χ4v) is 1.22. The molecular weight excluding hydrogens is 232 g/mol. The van der Waals surface area contributed by atoms with E-state index < -0.39 is 5.97 Å². The number of carboxylic acid groups (broad SMARTS) is 1. The molecule has 0 aromatic heterocycles. The maximum absolute atomic E-state index is 10.8. The largest absolute Gasteiger partial charge is 0.482 e.